The number of fused-ring (bicyclic) bond motifs is 2. The molecule has 3 heterocycles. The van der Waals surface area contributed by atoms with E-state index >= 15 is 0 Å². The summed E-state index contributed by atoms with van der Waals surface area (Å²) in [6, 6.07) is 7.77. The monoisotopic (exact) mass is 376 g/mol. The second-order valence-corrected chi connectivity index (χ2v) is 7.45. The van der Waals surface area contributed by atoms with E-state index in [0.717, 1.165) is 26.8 Å². The second-order valence-electron chi connectivity index (χ2n) is 6.56. The predicted molar refractivity (Wildman–Crippen MR) is 108 cm³/mol. The number of nitrogens with zero attached hydrogens (tertiary/aromatic N) is 2. The molecule has 27 heavy (non-hydrogen) atoms. The van der Waals surface area contributed by atoms with Gasteiger partial charge >= 0.3 is 160 Å². The summed E-state index contributed by atoms with van der Waals surface area (Å²) in [5.74, 6) is -0.705. The Bertz CT molecular complexity index is 1210. The third-order valence-corrected chi connectivity index (χ3v) is 5.33. The molecular weight excluding hydrogens is 359 g/mol. The van der Waals surface area contributed by atoms with Gasteiger partial charge in [-0.2, -0.15) is 0 Å². The van der Waals surface area contributed by atoms with Gasteiger partial charge in [-0.3, -0.25) is 0 Å². The van der Waals surface area contributed by atoms with Gasteiger partial charge in [0.1, 0.15) is 0 Å². The van der Waals surface area contributed by atoms with E-state index in [1.54, 1.807) is 15.7 Å². The van der Waals surface area contributed by atoms with Crippen molar-refractivity contribution in [2.24, 2.45) is 5.73 Å². The van der Waals surface area contributed by atoms with Crippen LogP contribution in [0.4, 0.5) is 0 Å². The number of benzene rings is 1. The molecule has 6 nitrogen and oxygen atoms in total. The Labute approximate surface area is 160 Å². The molecule has 3 aromatic heterocycles. The first-order chi connectivity index (χ1) is 12.9. The Morgan fingerprint density at radius 2 is 2.11 bits per heavy atom. The number of primary amides is 1. The van der Waals surface area contributed by atoms with E-state index < -0.39 is 5.91 Å². The van der Waals surface area contributed by atoms with Gasteiger partial charge in [-0.05, 0) is 0 Å². The zero-order valence-corrected chi connectivity index (χ0v) is 15.8. The zero-order chi connectivity index (χ0) is 19.1. The summed E-state index contributed by atoms with van der Waals surface area (Å²) in [4.78, 5) is 28.9. The number of hydrogen-bond donors (Lipinski definition) is 2. The van der Waals surface area contributed by atoms with Gasteiger partial charge in [0.2, 0.25) is 0 Å². The van der Waals surface area contributed by atoms with Gasteiger partial charge in [0.25, 0.3) is 0 Å². The van der Waals surface area contributed by atoms with Crippen molar-refractivity contribution in [1.82, 2.24) is 14.7 Å². The van der Waals surface area contributed by atoms with E-state index in [2.05, 4.69) is 10.3 Å². The fraction of sp³-hybridized carbons (Fsp3) is 0.158. The van der Waals surface area contributed by atoms with Gasteiger partial charge in [0, 0.05) is 0 Å². The molecule has 1 aromatic carbocycles. The maximum absolute atomic E-state index is 12.8. The topological polar surface area (TPSA) is 89.5 Å². The molecule has 4 aromatic rings. The molecule has 4 rings (SSSR count). The summed E-state index contributed by atoms with van der Waals surface area (Å²) >= 11 is 1.57. The molecule has 0 aliphatic rings. The van der Waals surface area contributed by atoms with Crippen LogP contribution in [-0.4, -0.2) is 28.1 Å². The molecule has 0 spiro atoms. The number of carbonyl (C=O) groups is 2. The van der Waals surface area contributed by atoms with Crippen LogP contribution in [0.25, 0.3) is 15.6 Å². The normalized spacial score (nSPS) is 11.0. The summed E-state index contributed by atoms with van der Waals surface area (Å²) < 4.78 is 2.79. The fourth-order valence-electron chi connectivity index (χ4n) is 3.32. The van der Waals surface area contributed by atoms with Crippen LogP contribution in [0, 0.1) is 13.8 Å². The first kappa shape index (κ1) is 17.4. The molecular formula is C19H17BN4O2S. The zero-order valence-electron chi connectivity index (χ0n) is 14.9. The summed E-state index contributed by atoms with van der Waals surface area (Å²) in [7, 11) is 0. The molecule has 0 aliphatic carbocycles. The summed E-state index contributed by atoms with van der Waals surface area (Å²) in [6.07, 6.45) is 1.82. The maximum atomic E-state index is 12.8. The van der Waals surface area contributed by atoms with Crippen LogP contribution >= 0.6 is 11.3 Å². The molecule has 0 saturated carbocycles. The molecule has 8 heteroatoms. The van der Waals surface area contributed by atoms with Crippen LogP contribution < -0.4 is 11.1 Å². The third kappa shape index (κ3) is 3.12. The van der Waals surface area contributed by atoms with Crippen LogP contribution in [0.5, 0.6) is 0 Å². The van der Waals surface area contributed by atoms with Crippen molar-refractivity contribution in [3.63, 3.8) is 0 Å². The first-order valence-electron chi connectivity index (χ1n) is 8.46. The van der Waals surface area contributed by atoms with Crippen LogP contribution in [-0.2, 0) is 6.54 Å². The SMILES string of the molecule is Cc1cc(C(=O)NCc2ccc3ncsc3c2)c2bc(C)c(C(N)=O)n2c1. The number of rotatable bonds is 4. The Balaban J connectivity index is 1.65. The summed E-state index contributed by atoms with van der Waals surface area (Å²) in [5.41, 5.74) is 12.5. The van der Waals surface area contributed by atoms with E-state index in [9.17, 15) is 9.59 Å². The van der Waals surface area contributed by atoms with E-state index in [4.69, 9.17) is 5.73 Å². The van der Waals surface area contributed by atoms with E-state index in [1.165, 1.54) is 0 Å². The van der Waals surface area contributed by atoms with E-state index in [1.807, 2.05) is 56.7 Å². The van der Waals surface area contributed by atoms with Gasteiger partial charge in [-0.25, -0.2) is 0 Å². The quantitative estimate of drug-likeness (QED) is 0.574. The number of nitrogens with two attached hydrogens (primary N) is 1. The molecule has 0 aliphatic heterocycles. The van der Waals surface area contributed by atoms with Gasteiger partial charge < -0.3 is 0 Å². The Morgan fingerprint density at radius 3 is 2.89 bits per heavy atom. The van der Waals surface area contributed by atoms with Gasteiger partial charge in [0.05, 0.1) is 0 Å². The number of hydrogen-bond acceptors (Lipinski definition) is 4. The Hall–Kier alpha value is -3.00. The molecule has 0 atom stereocenters. The number of aryl methyl sites for hydroxylation is 2. The average molecular weight is 376 g/mol. The molecule has 0 fully saturated rings. The Kier molecular flexibility index (Phi) is 4.27. The van der Waals surface area contributed by atoms with Crippen molar-refractivity contribution in [1.29, 1.82) is 0 Å². The van der Waals surface area contributed by atoms with Crippen molar-refractivity contribution in [3.8, 4) is 0 Å². The molecule has 134 valence electrons. The first-order valence-corrected chi connectivity index (χ1v) is 9.34. The number of nitrogens with one attached hydrogen (secondary N) is 1. The Morgan fingerprint density at radius 1 is 1.30 bits per heavy atom. The molecule has 0 radical (unpaired) electrons. The molecule has 3 N–H and O–H groups in total. The van der Waals surface area contributed by atoms with Crippen molar-refractivity contribution in [2.75, 3.05) is 0 Å². The van der Waals surface area contributed by atoms with Crippen molar-refractivity contribution >= 4 is 45.7 Å². The molecule has 2 amide bonds. The fourth-order valence-corrected chi connectivity index (χ4v) is 4.06. The number of aromatic nitrogens is 2. The number of thiazole rings is 1. The summed E-state index contributed by atoms with van der Waals surface area (Å²) in [6.45, 7) is 5.93. The van der Waals surface area contributed by atoms with Crippen LogP contribution in [0.1, 0.15) is 37.4 Å². The minimum atomic E-state index is -0.512. The molecule has 0 unspecified atom stereocenters. The van der Waals surface area contributed by atoms with E-state index in [-0.39, 0.29) is 5.91 Å². The van der Waals surface area contributed by atoms with Gasteiger partial charge in [0.15, 0.2) is 0 Å². The van der Waals surface area contributed by atoms with E-state index in [0.29, 0.717) is 23.2 Å². The van der Waals surface area contributed by atoms with Crippen LogP contribution in [0.2, 0.25) is 0 Å². The second kappa shape index (κ2) is 6.63. The number of carbonyl (C=O) groups excluding carboxylic acids is 2. The van der Waals surface area contributed by atoms with Crippen LogP contribution in [0.15, 0.2) is 36.0 Å². The minimum absolute atomic E-state index is 0.193. The number of pyridine rings is 1. The van der Waals surface area contributed by atoms with Gasteiger partial charge in [-0.15, -0.1) is 0 Å². The predicted octanol–water partition coefficient (Wildman–Crippen LogP) is 2.53. The molecule has 0 saturated heterocycles. The number of amides is 2. The standard InChI is InChI=1S/C19H17BN4O2S/c1-10-5-13(17-20-11(2)16(18(21)25)24(17)8-10)19(26)22-7-12-3-4-14-15(6-12)27-9-23-14/h3-6,8-9H,7H2,1-2H3,(H2,21,25)(H,22,26). The summed E-state index contributed by atoms with van der Waals surface area (Å²) in [5, 5.41) is 2.97. The molecule has 0 bridgehead atoms. The van der Waals surface area contributed by atoms with Crippen molar-refractivity contribution in [2.45, 2.75) is 20.4 Å². The third-order valence-electron chi connectivity index (χ3n) is 4.53. The van der Waals surface area contributed by atoms with Crippen molar-refractivity contribution in [3.05, 3.63) is 63.8 Å². The van der Waals surface area contributed by atoms with Gasteiger partial charge in [-0.1, -0.05) is 0 Å². The average Bonchev–Trinajstić information content (AvgIpc) is 3.21. The van der Waals surface area contributed by atoms with Crippen molar-refractivity contribution < 1.29 is 9.59 Å². The van der Waals surface area contributed by atoms with Crippen LogP contribution in [0.3, 0.4) is 0 Å².